The van der Waals surface area contributed by atoms with Crippen LogP contribution in [0.2, 0.25) is 0 Å². The molecule has 0 bridgehead atoms. The average Bonchev–Trinajstić information content (AvgIpc) is 3.09. The summed E-state index contributed by atoms with van der Waals surface area (Å²) >= 11 is 0. The maximum Gasteiger partial charge on any atom is 0.408 e. The Balaban J connectivity index is 1.58. The summed E-state index contributed by atoms with van der Waals surface area (Å²) in [4.78, 5) is 18.5. The molecule has 1 N–H and O–H groups in total. The SMILES string of the molecule is CC(C)(C)N(C(=O)O)[C@H]1C[C@H]2CCCC[C@H]2[C@@H]1C=Cc1ccc(-c2cccc(F)c2)cn1. The van der Waals surface area contributed by atoms with Crippen molar-refractivity contribution in [3.05, 3.63) is 60.2 Å². The molecule has 0 spiro atoms. The van der Waals surface area contributed by atoms with E-state index in [1.165, 1.54) is 37.8 Å². The average molecular weight is 437 g/mol. The zero-order valence-electron chi connectivity index (χ0n) is 19.2. The van der Waals surface area contributed by atoms with Gasteiger partial charge in [-0.2, -0.15) is 0 Å². The van der Waals surface area contributed by atoms with Crippen molar-refractivity contribution in [1.82, 2.24) is 9.88 Å². The topological polar surface area (TPSA) is 53.4 Å². The molecule has 2 aliphatic carbocycles. The second-order valence-electron chi connectivity index (χ2n) is 10.3. The molecule has 4 nitrogen and oxygen atoms in total. The van der Waals surface area contributed by atoms with E-state index >= 15 is 0 Å². The number of carboxylic acid groups (broad SMARTS) is 1. The van der Waals surface area contributed by atoms with Crippen LogP contribution in [0.1, 0.15) is 58.6 Å². The van der Waals surface area contributed by atoms with Gasteiger partial charge < -0.3 is 5.11 Å². The third-order valence-corrected chi connectivity index (χ3v) is 7.14. The number of amides is 1. The number of hydrogen-bond acceptors (Lipinski definition) is 2. The summed E-state index contributed by atoms with van der Waals surface area (Å²) in [5.74, 6) is 1.06. The van der Waals surface area contributed by atoms with Gasteiger partial charge in [-0.25, -0.2) is 9.18 Å². The summed E-state index contributed by atoms with van der Waals surface area (Å²) in [5.41, 5.74) is 2.07. The summed E-state index contributed by atoms with van der Waals surface area (Å²) in [6, 6.07) is 10.4. The number of rotatable bonds is 4. The Morgan fingerprint density at radius 2 is 1.94 bits per heavy atom. The fraction of sp³-hybridized carbons (Fsp3) is 0.481. The highest BCUT2D eigenvalue weighted by atomic mass is 19.1. The van der Waals surface area contributed by atoms with Crippen LogP contribution < -0.4 is 0 Å². The first-order valence-corrected chi connectivity index (χ1v) is 11.7. The summed E-state index contributed by atoms with van der Waals surface area (Å²) in [7, 11) is 0. The zero-order valence-corrected chi connectivity index (χ0v) is 19.2. The smallest absolute Gasteiger partial charge is 0.408 e. The molecule has 4 rings (SSSR count). The van der Waals surface area contributed by atoms with Crippen molar-refractivity contribution < 1.29 is 14.3 Å². The minimum absolute atomic E-state index is 0.0107. The van der Waals surface area contributed by atoms with E-state index < -0.39 is 11.6 Å². The highest BCUT2D eigenvalue weighted by molar-refractivity contribution is 5.67. The summed E-state index contributed by atoms with van der Waals surface area (Å²) in [6.45, 7) is 5.95. The van der Waals surface area contributed by atoms with Gasteiger partial charge >= 0.3 is 6.09 Å². The first-order chi connectivity index (χ1) is 15.2. The highest BCUT2D eigenvalue weighted by Gasteiger charge is 2.48. The Morgan fingerprint density at radius 3 is 2.59 bits per heavy atom. The van der Waals surface area contributed by atoms with E-state index in [0.29, 0.717) is 11.8 Å². The van der Waals surface area contributed by atoms with Gasteiger partial charge in [0.15, 0.2) is 0 Å². The fourth-order valence-electron chi connectivity index (χ4n) is 5.82. The summed E-state index contributed by atoms with van der Waals surface area (Å²) < 4.78 is 13.5. The van der Waals surface area contributed by atoms with E-state index in [1.807, 2.05) is 45.0 Å². The van der Waals surface area contributed by atoms with Crippen molar-refractivity contribution in [2.24, 2.45) is 17.8 Å². The third kappa shape index (κ3) is 4.72. The maximum atomic E-state index is 13.5. The number of pyridine rings is 1. The first kappa shape index (κ1) is 22.5. The van der Waals surface area contributed by atoms with E-state index in [2.05, 4.69) is 11.1 Å². The van der Waals surface area contributed by atoms with Gasteiger partial charge in [-0.3, -0.25) is 9.88 Å². The van der Waals surface area contributed by atoms with E-state index in [9.17, 15) is 14.3 Å². The Labute approximate surface area is 190 Å². The fourth-order valence-corrected chi connectivity index (χ4v) is 5.82. The van der Waals surface area contributed by atoms with E-state index in [4.69, 9.17) is 0 Å². The van der Waals surface area contributed by atoms with Crippen molar-refractivity contribution >= 4 is 12.2 Å². The van der Waals surface area contributed by atoms with Gasteiger partial charge in [0.1, 0.15) is 5.82 Å². The van der Waals surface area contributed by atoms with Crippen LogP contribution in [-0.2, 0) is 0 Å². The van der Waals surface area contributed by atoms with Gasteiger partial charge in [0.05, 0.1) is 5.69 Å². The molecular weight excluding hydrogens is 403 g/mol. The van der Waals surface area contributed by atoms with Crippen molar-refractivity contribution in [3.63, 3.8) is 0 Å². The van der Waals surface area contributed by atoms with E-state index in [-0.39, 0.29) is 17.8 Å². The van der Waals surface area contributed by atoms with Gasteiger partial charge in [-0.1, -0.05) is 43.5 Å². The molecule has 4 atom stereocenters. The van der Waals surface area contributed by atoms with Crippen molar-refractivity contribution in [3.8, 4) is 11.1 Å². The van der Waals surface area contributed by atoms with Gasteiger partial charge in [-0.15, -0.1) is 0 Å². The van der Waals surface area contributed by atoms with Gasteiger partial charge in [0, 0.05) is 29.3 Å². The molecule has 2 saturated carbocycles. The molecule has 0 saturated heterocycles. The molecular formula is C27H33FN2O2. The second-order valence-corrected chi connectivity index (χ2v) is 10.3. The number of hydrogen-bond donors (Lipinski definition) is 1. The normalized spacial score (nSPS) is 25.6. The van der Waals surface area contributed by atoms with Crippen LogP contribution in [0.4, 0.5) is 9.18 Å². The van der Waals surface area contributed by atoms with Crippen molar-refractivity contribution in [2.75, 3.05) is 0 Å². The van der Waals surface area contributed by atoms with Crippen LogP contribution in [0, 0.1) is 23.6 Å². The molecule has 5 heteroatoms. The van der Waals surface area contributed by atoms with E-state index in [1.54, 1.807) is 17.2 Å². The lowest BCUT2D eigenvalue weighted by molar-refractivity contribution is 0.0598. The Morgan fingerprint density at radius 1 is 1.16 bits per heavy atom. The van der Waals surface area contributed by atoms with Crippen LogP contribution in [0.25, 0.3) is 17.2 Å². The molecule has 0 aliphatic heterocycles. The van der Waals surface area contributed by atoms with Crippen LogP contribution >= 0.6 is 0 Å². The minimum Gasteiger partial charge on any atom is -0.465 e. The third-order valence-electron chi connectivity index (χ3n) is 7.14. The lowest BCUT2D eigenvalue weighted by atomic mass is 9.77. The molecule has 1 amide bonds. The van der Waals surface area contributed by atoms with Gasteiger partial charge in [-0.05, 0) is 75.3 Å². The Bertz CT molecular complexity index is 980. The molecule has 1 heterocycles. The number of nitrogens with zero attached hydrogens (tertiary/aromatic N) is 2. The van der Waals surface area contributed by atoms with Crippen LogP contribution in [0.5, 0.6) is 0 Å². The molecule has 32 heavy (non-hydrogen) atoms. The molecule has 2 aliphatic rings. The summed E-state index contributed by atoms with van der Waals surface area (Å²) in [6.07, 6.45) is 10.9. The van der Waals surface area contributed by atoms with Gasteiger partial charge in [0.25, 0.3) is 0 Å². The second kappa shape index (κ2) is 9.05. The van der Waals surface area contributed by atoms with Gasteiger partial charge in [0.2, 0.25) is 0 Å². The lowest BCUT2D eigenvalue weighted by Gasteiger charge is -2.40. The lowest BCUT2D eigenvalue weighted by Crippen LogP contribution is -2.52. The maximum absolute atomic E-state index is 13.5. The summed E-state index contributed by atoms with van der Waals surface area (Å²) in [5, 5.41) is 10.0. The van der Waals surface area contributed by atoms with Crippen LogP contribution in [0.15, 0.2) is 48.7 Å². The van der Waals surface area contributed by atoms with E-state index in [0.717, 1.165) is 23.2 Å². The largest absolute Gasteiger partial charge is 0.465 e. The molecule has 1 aromatic carbocycles. The monoisotopic (exact) mass is 436 g/mol. The molecule has 0 radical (unpaired) electrons. The number of carbonyl (C=O) groups is 1. The van der Waals surface area contributed by atoms with Crippen LogP contribution in [-0.4, -0.2) is 32.7 Å². The number of benzene rings is 1. The molecule has 2 fully saturated rings. The number of aromatic nitrogens is 1. The van der Waals surface area contributed by atoms with Crippen molar-refractivity contribution in [1.29, 1.82) is 0 Å². The number of halogens is 1. The zero-order chi connectivity index (χ0) is 22.9. The molecule has 2 aromatic rings. The predicted molar refractivity (Wildman–Crippen MR) is 126 cm³/mol. The van der Waals surface area contributed by atoms with Crippen molar-refractivity contribution in [2.45, 2.75) is 64.5 Å². The van der Waals surface area contributed by atoms with Crippen LogP contribution in [0.3, 0.4) is 0 Å². The first-order valence-electron chi connectivity index (χ1n) is 11.7. The number of fused-ring (bicyclic) bond motifs is 1. The highest BCUT2D eigenvalue weighted by Crippen LogP contribution is 2.49. The molecule has 0 unspecified atom stereocenters. The quantitative estimate of drug-likeness (QED) is 0.569. The standard InChI is InChI=1S/C27H33FN2O2/c1-27(2,3)30(26(31)32)25-16-19-7-4-5-10-23(19)24(25)14-13-22-12-11-20(17-29-22)18-8-6-9-21(28)15-18/h6,8-9,11-15,17,19,23-25H,4-5,7,10,16H2,1-3H3,(H,31,32)/t19-,23-,24+,25+/m1/s1. The predicted octanol–water partition coefficient (Wildman–Crippen LogP) is 6.87. The minimum atomic E-state index is -0.836. The Kier molecular flexibility index (Phi) is 6.36. The molecule has 1 aromatic heterocycles. The Hall–Kier alpha value is -2.69. The molecule has 170 valence electrons.